The Balaban J connectivity index is 6.82. The molecule has 0 heterocycles. The third kappa shape index (κ3) is 2.30. The van der Waals surface area contributed by atoms with E-state index in [0.29, 0.717) is 0 Å². The lowest BCUT2D eigenvalue weighted by Gasteiger charge is -2.02. The Morgan fingerprint density at radius 3 is 0.706 bits per heavy atom. The molecule has 0 aliphatic rings. The molecule has 4 N–H and O–H groups in total. The van der Waals surface area contributed by atoms with Gasteiger partial charge < -0.3 is 0 Å². The predicted octanol–water partition coefficient (Wildman–Crippen LogP) is -4.53. The van der Waals surface area contributed by atoms with Gasteiger partial charge in [0.05, 0.1) is 0 Å². The maximum atomic E-state index is 10.9. The summed E-state index contributed by atoms with van der Waals surface area (Å²) in [5, 5.41) is 7.89. The number of nitrogens with two attached hydrogens (primary N) is 2. The fourth-order valence-electron chi connectivity index (χ4n) is 0.334. The van der Waals surface area contributed by atoms with Crippen molar-refractivity contribution in [3.05, 3.63) is 0 Å². The zero-order chi connectivity index (χ0) is 14.5. The molecule has 0 saturated heterocycles. The van der Waals surface area contributed by atoms with Crippen molar-refractivity contribution in [2.75, 3.05) is 0 Å². The average Bonchev–Trinajstić information content (AvgIpc) is 1.98. The van der Waals surface area contributed by atoms with Crippen LogP contribution in [0.5, 0.6) is 0 Å². The minimum absolute atomic E-state index is 3.94. The summed E-state index contributed by atoms with van der Waals surface area (Å²) < 4.78 is 106. The lowest BCUT2D eigenvalue weighted by molar-refractivity contribution is 0.574. The first-order chi connectivity index (χ1) is 7.00. The normalized spacial score (nSPS) is 15.6. The van der Waals surface area contributed by atoms with Crippen molar-refractivity contribution >= 4 is 41.8 Å². The second kappa shape index (κ2) is 3.83. The van der Waals surface area contributed by atoms with Crippen LogP contribution in [-0.2, 0) is 41.8 Å². The van der Waals surface area contributed by atoms with Crippen molar-refractivity contribution in [3.8, 4) is 0 Å². The standard InChI is InChI=1S/H4N2O10S5/c1-13(3,4)15(7,8)17(11,12)16(9,10)14(2,5)6/h(H2,1,3,4)(H2,2,5,6). The van der Waals surface area contributed by atoms with Gasteiger partial charge >= 0.3 is 41.8 Å². The van der Waals surface area contributed by atoms with Gasteiger partial charge in [0.15, 0.2) is 0 Å². The average molecular weight is 352 g/mol. The molecule has 0 aliphatic heterocycles. The van der Waals surface area contributed by atoms with E-state index in [0.717, 1.165) is 0 Å². The van der Waals surface area contributed by atoms with E-state index in [-0.39, 0.29) is 0 Å². The lowest BCUT2D eigenvalue weighted by atomic mass is 13.9. The first-order valence-corrected chi connectivity index (χ1v) is 12.4. The van der Waals surface area contributed by atoms with Gasteiger partial charge in [0, 0.05) is 0 Å². The van der Waals surface area contributed by atoms with Crippen molar-refractivity contribution in [2.24, 2.45) is 10.3 Å². The highest BCUT2D eigenvalue weighted by atomic mass is 33.9. The molecule has 17 heavy (non-hydrogen) atoms. The summed E-state index contributed by atoms with van der Waals surface area (Å²) >= 11 is 0. The van der Waals surface area contributed by atoms with Crippen molar-refractivity contribution in [3.63, 3.8) is 0 Å². The highest BCUT2D eigenvalue weighted by Gasteiger charge is 2.55. The van der Waals surface area contributed by atoms with E-state index >= 15 is 0 Å². The van der Waals surface area contributed by atoms with Gasteiger partial charge in [-0.3, -0.25) is 0 Å². The van der Waals surface area contributed by atoms with Crippen LogP contribution >= 0.6 is 0 Å². The van der Waals surface area contributed by atoms with E-state index < -0.39 is 41.8 Å². The Bertz CT molecular complexity index is 759. The first kappa shape index (κ1) is 16.7. The minimum atomic E-state index is -6.73. The molecule has 0 spiro atoms. The summed E-state index contributed by atoms with van der Waals surface area (Å²) in [4.78, 5) is 0. The second-order valence-electron chi connectivity index (χ2n) is 2.21. The van der Waals surface area contributed by atoms with Crippen LogP contribution in [0.25, 0.3) is 0 Å². The summed E-state index contributed by atoms with van der Waals surface area (Å²) in [5.74, 6) is 0. The lowest BCUT2D eigenvalue weighted by Crippen LogP contribution is -2.39. The summed E-state index contributed by atoms with van der Waals surface area (Å²) in [5.41, 5.74) is 0. The molecule has 0 bridgehead atoms. The Morgan fingerprint density at radius 2 is 0.588 bits per heavy atom. The van der Waals surface area contributed by atoms with Crippen molar-refractivity contribution in [1.82, 2.24) is 0 Å². The quantitative estimate of drug-likeness (QED) is 0.461. The van der Waals surface area contributed by atoms with Crippen LogP contribution in [0.4, 0.5) is 0 Å². The molecule has 0 aromatic heterocycles. The fourth-order valence-corrected chi connectivity index (χ4v) is 18.1. The molecule has 12 nitrogen and oxygen atoms in total. The third-order valence-corrected chi connectivity index (χ3v) is 21.0. The van der Waals surface area contributed by atoms with Crippen LogP contribution in [0.3, 0.4) is 0 Å². The molecule has 0 fully saturated rings. The molecule has 0 atom stereocenters. The monoisotopic (exact) mass is 352 g/mol. The van der Waals surface area contributed by atoms with E-state index in [1.54, 1.807) is 0 Å². The molecule has 0 aromatic carbocycles. The maximum Gasteiger partial charge on any atom is 0.388 e. The number of rotatable bonds is 4. The van der Waals surface area contributed by atoms with Gasteiger partial charge in [0.25, 0.3) is 0 Å². The van der Waals surface area contributed by atoms with Crippen LogP contribution in [-0.4, -0.2) is 42.1 Å². The van der Waals surface area contributed by atoms with Crippen LogP contribution in [0, 0.1) is 0 Å². The van der Waals surface area contributed by atoms with Gasteiger partial charge in [0.2, 0.25) is 0 Å². The highest BCUT2D eigenvalue weighted by Crippen LogP contribution is 2.19. The Labute approximate surface area is 94.1 Å². The van der Waals surface area contributed by atoms with Gasteiger partial charge in [-0.25, -0.2) is 10.3 Å². The van der Waals surface area contributed by atoms with Crippen LogP contribution in [0.2, 0.25) is 0 Å². The summed E-state index contributed by atoms with van der Waals surface area (Å²) in [6.07, 6.45) is 0. The number of hydrogen-bond acceptors (Lipinski definition) is 10. The van der Waals surface area contributed by atoms with Gasteiger partial charge in [-0.2, -0.15) is 42.1 Å². The van der Waals surface area contributed by atoms with Gasteiger partial charge in [-0.1, -0.05) is 0 Å². The van der Waals surface area contributed by atoms with Crippen molar-refractivity contribution in [1.29, 1.82) is 0 Å². The molecular weight excluding hydrogens is 348 g/mol. The van der Waals surface area contributed by atoms with Gasteiger partial charge in [-0.15, -0.1) is 0 Å². The smallest absolute Gasteiger partial charge is 0.215 e. The van der Waals surface area contributed by atoms with Gasteiger partial charge in [0.1, 0.15) is 0 Å². The van der Waals surface area contributed by atoms with Crippen molar-refractivity contribution in [2.45, 2.75) is 0 Å². The van der Waals surface area contributed by atoms with Crippen LogP contribution in [0.1, 0.15) is 0 Å². The maximum absolute atomic E-state index is 10.9. The Morgan fingerprint density at radius 1 is 0.412 bits per heavy atom. The summed E-state index contributed by atoms with van der Waals surface area (Å²) in [6.45, 7) is 0. The molecule has 0 aliphatic carbocycles. The van der Waals surface area contributed by atoms with Crippen molar-refractivity contribution < 1.29 is 42.1 Å². The molecule has 0 radical (unpaired) electrons. The highest BCUT2D eigenvalue weighted by molar-refractivity contribution is 9.24. The molecular formula is H4N2O10S5. The van der Waals surface area contributed by atoms with Crippen LogP contribution in [0.15, 0.2) is 0 Å². The first-order valence-electron chi connectivity index (χ1n) is 2.80. The zero-order valence-electron chi connectivity index (χ0n) is 7.28. The molecule has 0 saturated carbocycles. The Hall–Kier alpha value is -0.330. The number of hydrogen-bond donors (Lipinski definition) is 2. The van der Waals surface area contributed by atoms with Gasteiger partial charge in [-0.05, 0) is 0 Å². The molecule has 0 rings (SSSR count). The van der Waals surface area contributed by atoms with E-state index in [2.05, 4.69) is 10.3 Å². The van der Waals surface area contributed by atoms with E-state index in [1.807, 2.05) is 0 Å². The fraction of sp³-hybridized carbons (Fsp3) is 0. The topological polar surface area (TPSA) is 223 Å². The molecule has 17 heteroatoms. The Kier molecular flexibility index (Phi) is 3.76. The predicted molar refractivity (Wildman–Crippen MR) is 53.0 cm³/mol. The van der Waals surface area contributed by atoms with E-state index in [1.165, 1.54) is 0 Å². The largest absolute Gasteiger partial charge is 0.388 e. The molecule has 104 valence electrons. The third-order valence-electron chi connectivity index (χ3n) is 1.07. The SMILES string of the molecule is NS(=O)(=O)S(=O)(=O)S(=O)(=O)S(=O)(=O)S(N)(=O)=O. The molecule has 0 amide bonds. The minimum Gasteiger partial charge on any atom is -0.215 e. The molecule has 0 unspecified atom stereocenters. The van der Waals surface area contributed by atoms with Crippen LogP contribution < -0.4 is 10.3 Å². The van der Waals surface area contributed by atoms with E-state index in [9.17, 15) is 42.1 Å². The zero-order valence-corrected chi connectivity index (χ0v) is 11.4. The summed E-state index contributed by atoms with van der Waals surface area (Å²) in [6, 6.07) is 0. The van der Waals surface area contributed by atoms with E-state index in [4.69, 9.17) is 0 Å². The molecule has 0 aromatic rings. The second-order valence-corrected chi connectivity index (χ2v) is 19.2. The summed E-state index contributed by atoms with van der Waals surface area (Å²) in [7, 11) is -31.7.